The number of fused-ring (bicyclic) bond motifs is 2. The Morgan fingerprint density at radius 3 is 2.51 bits per heavy atom. The first-order valence-electron chi connectivity index (χ1n) is 12.9. The number of carbonyl (C=O) groups is 1. The lowest BCUT2D eigenvalue weighted by atomic mass is 9.95. The lowest BCUT2D eigenvalue weighted by molar-refractivity contribution is 0.0714. The maximum Gasteiger partial charge on any atom is 0.253 e. The van der Waals surface area contributed by atoms with Crippen LogP contribution in [0, 0.1) is 12.7 Å². The minimum Gasteiger partial charge on any atom is -0.351 e. The molecular weight excluding hydrogens is 465 g/mol. The van der Waals surface area contributed by atoms with E-state index in [1.807, 2.05) is 17.9 Å². The van der Waals surface area contributed by atoms with Crippen LogP contribution >= 0.6 is 0 Å². The lowest BCUT2D eigenvalue weighted by Crippen LogP contribution is -2.43. The van der Waals surface area contributed by atoms with E-state index in [9.17, 15) is 9.18 Å². The fraction of sp³-hybridized carbons (Fsp3) is 0.300. The quantitative estimate of drug-likeness (QED) is 0.439. The molecule has 4 aromatic rings. The van der Waals surface area contributed by atoms with E-state index in [0.29, 0.717) is 19.6 Å². The van der Waals surface area contributed by atoms with E-state index in [1.54, 1.807) is 18.5 Å². The maximum atomic E-state index is 13.5. The predicted molar refractivity (Wildman–Crippen MR) is 144 cm³/mol. The van der Waals surface area contributed by atoms with Gasteiger partial charge in [0.2, 0.25) is 0 Å². The molecule has 0 unspecified atom stereocenters. The molecule has 3 heterocycles. The van der Waals surface area contributed by atoms with Gasteiger partial charge in [-0.25, -0.2) is 14.4 Å². The third kappa shape index (κ3) is 4.55. The molecule has 37 heavy (non-hydrogen) atoms. The molecule has 1 aromatic heterocycles. The van der Waals surface area contributed by atoms with Crippen molar-refractivity contribution in [1.82, 2.24) is 14.9 Å². The minimum atomic E-state index is -0.251. The molecule has 2 aliphatic heterocycles. The highest BCUT2D eigenvalue weighted by Gasteiger charge is 2.25. The van der Waals surface area contributed by atoms with Crippen LogP contribution in [0.2, 0.25) is 0 Å². The van der Waals surface area contributed by atoms with Crippen LogP contribution in [0.4, 0.5) is 10.2 Å². The summed E-state index contributed by atoms with van der Waals surface area (Å²) in [4.78, 5) is 26.6. The first-order valence-corrected chi connectivity index (χ1v) is 12.9. The first-order chi connectivity index (χ1) is 18.0. The van der Waals surface area contributed by atoms with Crippen LogP contribution in [0.5, 0.6) is 0 Å². The van der Waals surface area contributed by atoms with E-state index >= 15 is 0 Å². The van der Waals surface area contributed by atoms with Crippen LogP contribution < -0.4 is 10.6 Å². The summed E-state index contributed by atoms with van der Waals surface area (Å²) in [7, 11) is 0. The summed E-state index contributed by atoms with van der Waals surface area (Å²) in [6.07, 6.45) is 4.21. The predicted octanol–water partition coefficient (Wildman–Crippen LogP) is 4.87. The van der Waals surface area contributed by atoms with Crippen molar-refractivity contribution in [2.45, 2.75) is 38.8 Å². The second-order valence-corrected chi connectivity index (χ2v) is 10.2. The SMILES string of the molecule is Cc1cc(-c2ccc(F)cc2)cc2c(N3CCc4ccc(C(=O)N5CCC(N)CC5)cc4C3)ncnc12. The van der Waals surface area contributed by atoms with Crippen molar-refractivity contribution in [3.63, 3.8) is 0 Å². The van der Waals surface area contributed by atoms with Gasteiger partial charge in [0.25, 0.3) is 5.91 Å². The zero-order chi connectivity index (χ0) is 25.5. The summed E-state index contributed by atoms with van der Waals surface area (Å²) in [5.41, 5.74) is 13.1. The largest absolute Gasteiger partial charge is 0.351 e. The van der Waals surface area contributed by atoms with Gasteiger partial charge in [-0.2, -0.15) is 0 Å². The Balaban J connectivity index is 1.32. The molecule has 7 heteroatoms. The van der Waals surface area contributed by atoms with Gasteiger partial charge in [-0.05, 0) is 90.4 Å². The molecule has 0 atom stereocenters. The number of likely N-dealkylation sites (tertiary alicyclic amines) is 1. The van der Waals surface area contributed by atoms with Gasteiger partial charge in [-0.15, -0.1) is 0 Å². The number of hydrogen-bond acceptors (Lipinski definition) is 5. The monoisotopic (exact) mass is 495 g/mol. The lowest BCUT2D eigenvalue weighted by Gasteiger charge is -2.32. The second-order valence-electron chi connectivity index (χ2n) is 10.2. The van der Waals surface area contributed by atoms with Gasteiger partial charge in [-0.3, -0.25) is 4.79 Å². The molecule has 3 aromatic carbocycles. The molecule has 1 fully saturated rings. The molecule has 0 radical (unpaired) electrons. The Morgan fingerprint density at radius 2 is 1.73 bits per heavy atom. The highest BCUT2D eigenvalue weighted by atomic mass is 19.1. The molecule has 6 nitrogen and oxygen atoms in total. The minimum absolute atomic E-state index is 0.0823. The molecular formula is C30H30FN5O. The van der Waals surface area contributed by atoms with Crippen molar-refractivity contribution in [2.75, 3.05) is 24.5 Å². The highest BCUT2D eigenvalue weighted by Crippen LogP contribution is 2.33. The summed E-state index contributed by atoms with van der Waals surface area (Å²) < 4.78 is 13.5. The molecule has 6 rings (SSSR count). The number of aromatic nitrogens is 2. The first kappa shape index (κ1) is 23.6. The standard InChI is InChI=1S/C30H30FN5O/c1-19-14-23(20-4-6-25(31)7-5-20)16-27-28(19)33-18-34-29(27)36-11-8-21-2-3-22(15-24(21)17-36)30(37)35-12-9-26(32)10-13-35/h2-7,14-16,18,26H,8-13,17,32H2,1H3. The van der Waals surface area contributed by atoms with Gasteiger partial charge in [-0.1, -0.05) is 18.2 Å². The van der Waals surface area contributed by atoms with Crippen LogP contribution in [0.1, 0.15) is 39.9 Å². The number of hydrogen-bond donors (Lipinski definition) is 1. The van der Waals surface area contributed by atoms with Crippen molar-refractivity contribution in [3.05, 3.63) is 89.0 Å². The van der Waals surface area contributed by atoms with Crippen molar-refractivity contribution in [3.8, 4) is 11.1 Å². The fourth-order valence-corrected chi connectivity index (χ4v) is 5.55. The smallest absolute Gasteiger partial charge is 0.253 e. The number of rotatable bonds is 3. The Bertz CT molecular complexity index is 1480. The molecule has 0 bridgehead atoms. The van der Waals surface area contributed by atoms with E-state index in [2.05, 4.69) is 34.1 Å². The van der Waals surface area contributed by atoms with E-state index < -0.39 is 0 Å². The number of benzene rings is 3. The van der Waals surface area contributed by atoms with Crippen molar-refractivity contribution in [1.29, 1.82) is 0 Å². The average Bonchev–Trinajstić information content (AvgIpc) is 2.92. The second kappa shape index (κ2) is 9.56. The van der Waals surface area contributed by atoms with E-state index in [4.69, 9.17) is 10.7 Å². The number of nitrogens with two attached hydrogens (primary N) is 1. The summed E-state index contributed by atoms with van der Waals surface area (Å²) in [6, 6.07) is 17.0. The number of halogens is 1. The number of carbonyl (C=O) groups excluding carboxylic acids is 1. The van der Waals surface area contributed by atoms with Crippen LogP contribution in [-0.2, 0) is 13.0 Å². The number of aryl methyl sites for hydroxylation is 1. The fourth-order valence-electron chi connectivity index (χ4n) is 5.55. The van der Waals surface area contributed by atoms with Gasteiger partial charge in [0, 0.05) is 43.2 Å². The van der Waals surface area contributed by atoms with E-state index in [1.165, 1.54) is 17.7 Å². The van der Waals surface area contributed by atoms with Crippen LogP contribution in [0.3, 0.4) is 0 Å². The molecule has 0 spiro atoms. The summed E-state index contributed by atoms with van der Waals surface area (Å²) in [5, 5.41) is 0.974. The van der Waals surface area contributed by atoms with E-state index in [-0.39, 0.29) is 17.8 Å². The number of nitrogens with zero attached hydrogens (tertiary/aromatic N) is 4. The highest BCUT2D eigenvalue weighted by molar-refractivity contribution is 5.96. The van der Waals surface area contributed by atoms with Crippen molar-refractivity contribution >= 4 is 22.6 Å². The number of anilines is 1. The Kier molecular flexibility index (Phi) is 6.08. The Hall–Kier alpha value is -3.84. The summed E-state index contributed by atoms with van der Waals surface area (Å²) in [5.74, 6) is 0.710. The van der Waals surface area contributed by atoms with Gasteiger partial charge >= 0.3 is 0 Å². The summed E-state index contributed by atoms with van der Waals surface area (Å²) in [6.45, 7) is 4.98. The molecule has 0 aliphatic carbocycles. The summed E-state index contributed by atoms with van der Waals surface area (Å²) >= 11 is 0. The molecule has 188 valence electrons. The number of amides is 1. The van der Waals surface area contributed by atoms with Crippen LogP contribution in [0.25, 0.3) is 22.0 Å². The maximum absolute atomic E-state index is 13.5. The van der Waals surface area contributed by atoms with Crippen molar-refractivity contribution in [2.24, 2.45) is 5.73 Å². The normalized spacial score (nSPS) is 16.2. The molecule has 0 saturated carbocycles. The van der Waals surface area contributed by atoms with Crippen molar-refractivity contribution < 1.29 is 9.18 Å². The topological polar surface area (TPSA) is 75.4 Å². The van der Waals surface area contributed by atoms with E-state index in [0.717, 1.165) is 70.3 Å². The van der Waals surface area contributed by atoms with Gasteiger partial charge < -0.3 is 15.5 Å². The molecule has 2 N–H and O–H groups in total. The van der Waals surface area contributed by atoms with Gasteiger partial charge in [0.1, 0.15) is 18.0 Å². The van der Waals surface area contributed by atoms with Crippen LogP contribution in [0.15, 0.2) is 60.9 Å². The molecule has 1 saturated heterocycles. The molecule has 1 amide bonds. The Labute approximate surface area is 215 Å². The third-order valence-electron chi connectivity index (χ3n) is 7.68. The Morgan fingerprint density at radius 1 is 0.946 bits per heavy atom. The zero-order valence-corrected chi connectivity index (χ0v) is 21.0. The molecule has 2 aliphatic rings. The average molecular weight is 496 g/mol. The third-order valence-corrected chi connectivity index (χ3v) is 7.68. The van der Waals surface area contributed by atoms with Gasteiger partial charge in [0.15, 0.2) is 0 Å². The van der Waals surface area contributed by atoms with Crippen LogP contribution in [-0.4, -0.2) is 46.5 Å². The van der Waals surface area contributed by atoms with Gasteiger partial charge in [0.05, 0.1) is 5.52 Å². The number of piperidine rings is 1. The zero-order valence-electron chi connectivity index (χ0n) is 21.0.